The fourth-order valence-corrected chi connectivity index (χ4v) is 3.76. The van der Waals surface area contributed by atoms with Gasteiger partial charge < -0.3 is 20.4 Å². The van der Waals surface area contributed by atoms with Gasteiger partial charge in [-0.25, -0.2) is 14.4 Å². The van der Waals surface area contributed by atoms with Crippen LogP contribution in [0, 0.1) is 12.7 Å². The van der Waals surface area contributed by atoms with E-state index in [1.54, 1.807) is 6.07 Å². The minimum absolute atomic E-state index is 0. The van der Waals surface area contributed by atoms with Crippen molar-refractivity contribution >= 4 is 35.8 Å². The van der Waals surface area contributed by atoms with Crippen LogP contribution in [0.15, 0.2) is 41.5 Å². The van der Waals surface area contributed by atoms with E-state index in [2.05, 4.69) is 56.4 Å². The molecule has 1 fully saturated rings. The molecule has 0 aliphatic carbocycles. The van der Waals surface area contributed by atoms with Gasteiger partial charge in [-0.3, -0.25) is 0 Å². The van der Waals surface area contributed by atoms with Crippen LogP contribution in [0.2, 0.25) is 0 Å². The van der Waals surface area contributed by atoms with Gasteiger partial charge in [-0.2, -0.15) is 0 Å². The summed E-state index contributed by atoms with van der Waals surface area (Å²) in [6.45, 7) is 13.7. The lowest BCUT2D eigenvalue weighted by atomic mass is 10.1. The molecule has 0 atom stereocenters. The van der Waals surface area contributed by atoms with Crippen molar-refractivity contribution in [2.45, 2.75) is 33.7 Å². The molecule has 1 aromatic heterocycles. The zero-order valence-electron chi connectivity index (χ0n) is 19.4. The topological polar surface area (TPSA) is 55.8 Å². The number of nitrogens with one attached hydrogen (secondary N) is 2. The van der Waals surface area contributed by atoms with Gasteiger partial charge in [-0.15, -0.1) is 24.0 Å². The highest BCUT2D eigenvalue weighted by Gasteiger charge is 2.16. The molecule has 1 saturated heterocycles. The molecule has 2 heterocycles. The van der Waals surface area contributed by atoms with Crippen LogP contribution in [-0.4, -0.2) is 61.7 Å². The van der Waals surface area contributed by atoms with Crippen LogP contribution in [0.5, 0.6) is 0 Å². The predicted octanol–water partition coefficient (Wildman–Crippen LogP) is 3.59. The van der Waals surface area contributed by atoms with Gasteiger partial charge in [-0.1, -0.05) is 19.1 Å². The van der Waals surface area contributed by atoms with Crippen LogP contribution < -0.4 is 15.5 Å². The first-order valence-corrected chi connectivity index (χ1v) is 11.3. The highest BCUT2D eigenvalue weighted by Crippen LogP contribution is 2.14. The lowest BCUT2D eigenvalue weighted by Gasteiger charge is -2.34. The molecule has 8 heteroatoms. The molecule has 2 aromatic rings. The number of likely N-dealkylation sites (N-methyl/N-ethyl adjacent to an activating group) is 1. The molecule has 2 N–H and O–H groups in total. The predicted molar refractivity (Wildman–Crippen MR) is 142 cm³/mol. The van der Waals surface area contributed by atoms with Gasteiger partial charge in [0.15, 0.2) is 5.96 Å². The van der Waals surface area contributed by atoms with Crippen molar-refractivity contribution in [3.8, 4) is 0 Å². The molecule has 6 nitrogen and oxygen atoms in total. The Labute approximate surface area is 208 Å². The molecule has 0 saturated carbocycles. The third kappa shape index (κ3) is 7.88. The number of benzene rings is 1. The summed E-state index contributed by atoms with van der Waals surface area (Å²) in [6.07, 6.45) is 2.74. The molecule has 0 bridgehead atoms. The fraction of sp³-hybridized carbons (Fsp3) is 0.500. The molecule has 0 amide bonds. The average molecular weight is 554 g/mol. The van der Waals surface area contributed by atoms with Crippen molar-refractivity contribution in [3.63, 3.8) is 0 Å². The maximum Gasteiger partial charge on any atom is 0.191 e. The second-order valence-electron chi connectivity index (χ2n) is 7.89. The van der Waals surface area contributed by atoms with Gasteiger partial charge in [0.05, 0.1) is 6.54 Å². The Hall–Kier alpha value is -1.94. The molecule has 1 aliphatic heterocycles. The summed E-state index contributed by atoms with van der Waals surface area (Å²) in [5, 5.41) is 6.65. The Kier molecular flexibility index (Phi) is 11.2. The third-order valence-electron chi connectivity index (χ3n) is 5.71. The van der Waals surface area contributed by atoms with Gasteiger partial charge in [0.1, 0.15) is 11.6 Å². The van der Waals surface area contributed by atoms with Gasteiger partial charge in [0, 0.05) is 45.5 Å². The Morgan fingerprint density at radius 3 is 2.50 bits per heavy atom. The number of rotatable bonds is 8. The molecule has 176 valence electrons. The van der Waals surface area contributed by atoms with E-state index in [0.29, 0.717) is 6.54 Å². The summed E-state index contributed by atoms with van der Waals surface area (Å²) >= 11 is 0. The molecule has 3 rings (SSSR count). The van der Waals surface area contributed by atoms with E-state index in [-0.39, 0.29) is 29.8 Å². The first-order chi connectivity index (χ1) is 15.1. The highest BCUT2D eigenvalue weighted by molar-refractivity contribution is 14.0. The molecular weight excluding hydrogens is 518 g/mol. The molecule has 0 spiro atoms. The van der Waals surface area contributed by atoms with E-state index >= 15 is 0 Å². The zero-order valence-corrected chi connectivity index (χ0v) is 21.7. The van der Waals surface area contributed by atoms with Gasteiger partial charge in [0.25, 0.3) is 0 Å². The first kappa shape index (κ1) is 26.3. The summed E-state index contributed by atoms with van der Waals surface area (Å²) in [6, 6.07) is 9.16. The zero-order chi connectivity index (χ0) is 22.1. The van der Waals surface area contributed by atoms with Gasteiger partial charge in [-0.05, 0) is 61.7 Å². The summed E-state index contributed by atoms with van der Waals surface area (Å²) in [7, 11) is 0. The summed E-state index contributed by atoms with van der Waals surface area (Å²) in [5.74, 6) is 1.64. The van der Waals surface area contributed by atoms with Crippen LogP contribution >= 0.6 is 24.0 Å². The lowest BCUT2D eigenvalue weighted by Crippen LogP contribution is -2.46. The largest absolute Gasteiger partial charge is 0.357 e. The van der Waals surface area contributed by atoms with Gasteiger partial charge >= 0.3 is 0 Å². The number of aromatic nitrogens is 1. The normalized spacial score (nSPS) is 14.8. The summed E-state index contributed by atoms with van der Waals surface area (Å²) in [4.78, 5) is 14.2. The van der Waals surface area contributed by atoms with E-state index < -0.39 is 0 Å². The Morgan fingerprint density at radius 1 is 1.09 bits per heavy atom. The minimum Gasteiger partial charge on any atom is -0.357 e. The number of aliphatic imine (C=N–C) groups is 1. The molecule has 0 unspecified atom stereocenters. The van der Waals surface area contributed by atoms with Crippen LogP contribution in [0.25, 0.3) is 0 Å². The van der Waals surface area contributed by atoms with Crippen LogP contribution in [0.1, 0.15) is 30.5 Å². The average Bonchev–Trinajstić information content (AvgIpc) is 2.79. The summed E-state index contributed by atoms with van der Waals surface area (Å²) < 4.78 is 13.3. The Bertz CT molecular complexity index is 850. The highest BCUT2D eigenvalue weighted by atomic mass is 127. The second kappa shape index (κ2) is 13.6. The Morgan fingerprint density at radius 2 is 1.88 bits per heavy atom. The van der Waals surface area contributed by atoms with Crippen molar-refractivity contribution in [1.29, 1.82) is 0 Å². The number of nitrogens with zero attached hydrogens (tertiary/aromatic N) is 4. The quantitative estimate of drug-likeness (QED) is 0.297. The van der Waals surface area contributed by atoms with Gasteiger partial charge in [0.2, 0.25) is 0 Å². The number of halogens is 2. The molecule has 32 heavy (non-hydrogen) atoms. The molecule has 1 aromatic carbocycles. The number of hydrogen-bond acceptors (Lipinski definition) is 4. The van der Waals surface area contributed by atoms with E-state index in [0.717, 1.165) is 80.7 Å². The molecule has 1 aliphatic rings. The maximum absolute atomic E-state index is 13.3. The molecular formula is C24H36FIN6. The van der Waals surface area contributed by atoms with Crippen molar-refractivity contribution < 1.29 is 4.39 Å². The fourth-order valence-electron chi connectivity index (χ4n) is 3.76. The number of piperazine rings is 1. The van der Waals surface area contributed by atoms with Crippen LogP contribution in [0.3, 0.4) is 0 Å². The van der Waals surface area contributed by atoms with E-state index in [9.17, 15) is 4.39 Å². The smallest absolute Gasteiger partial charge is 0.191 e. The van der Waals surface area contributed by atoms with E-state index in [1.165, 1.54) is 6.07 Å². The third-order valence-corrected chi connectivity index (χ3v) is 5.71. The number of guanidine groups is 1. The van der Waals surface area contributed by atoms with Crippen molar-refractivity contribution in [1.82, 2.24) is 20.5 Å². The number of hydrogen-bond donors (Lipinski definition) is 2. The van der Waals surface area contributed by atoms with E-state index in [4.69, 9.17) is 0 Å². The first-order valence-electron chi connectivity index (χ1n) is 11.3. The SMILES string of the molecule is CCNC(=NCc1ccc(N2CCN(CC)CC2)nc1)NCCc1ccc(F)cc1C.I. The van der Waals surface area contributed by atoms with Crippen LogP contribution in [-0.2, 0) is 13.0 Å². The number of anilines is 1. The second-order valence-corrected chi connectivity index (χ2v) is 7.89. The van der Waals surface area contributed by atoms with Crippen molar-refractivity contribution in [3.05, 3.63) is 59.0 Å². The monoisotopic (exact) mass is 554 g/mol. The standard InChI is InChI=1S/C24H35FN6.HI/c1-4-26-24(27-11-10-21-7-8-22(25)16-19(21)3)29-18-20-6-9-23(28-17-20)31-14-12-30(5-2)13-15-31;/h6-9,16-17H,4-5,10-15,18H2,1-3H3,(H2,26,27,29);1H. The van der Waals surface area contributed by atoms with Crippen molar-refractivity contribution in [2.75, 3.05) is 50.7 Å². The lowest BCUT2D eigenvalue weighted by molar-refractivity contribution is 0.270. The maximum atomic E-state index is 13.3. The minimum atomic E-state index is -0.188. The van der Waals surface area contributed by atoms with Crippen LogP contribution in [0.4, 0.5) is 10.2 Å². The van der Waals surface area contributed by atoms with Crippen molar-refractivity contribution in [2.24, 2.45) is 4.99 Å². The summed E-state index contributed by atoms with van der Waals surface area (Å²) in [5.41, 5.74) is 3.21. The molecule has 0 radical (unpaired) electrons. The Balaban J connectivity index is 0.00000363. The number of pyridine rings is 1. The van der Waals surface area contributed by atoms with E-state index in [1.807, 2.05) is 19.2 Å². The number of aryl methyl sites for hydroxylation is 1.